The Hall–Kier alpha value is -4.11. The molecule has 3 heteroatoms. The molecule has 30 heavy (non-hydrogen) atoms. The van der Waals surface area contributed by atoms with Gasteiger partial charge in [-0.2, -0.15) is 0 Å². The summed E-state index contributed by atoms with van der Waals surface area (Å²) >= 11 is 0. The largest absolute Gasteiger partial charge is 0.290 e. The molecule has 4 rings (SSSR count). The van der Waals surface area contributed by atoms with E-state index in [4.69, 9.17) is 0 Å². The monoisotopic (exact) mass is 388 g/mol. The van der Waals surface area contributed by atoms with Gasteiger partial charge in [0.25, 0.3) is 0 Å². The van der Waals surface area contributed by atoms with Crippen molar-refractivity contribution in [1.82, 2.24) is 9.97 Å². The Morgan fingerprint density at radius 2 is 1.00 bits per heavy atom. The van der Waals surface area contributed by atoms with Gasteiger partial charge in [-0.1, -0.05) is 72.8 Å². The highest BCUT2D eigenvalue weighted by molar-refractivity contribution is 6.05. The summed E-state index contributed by atoms with van der Waals surface area (Å²) in [5.74, 6) is -0.121. The van der Waals surface area contributed by atoms with Crippen LogP contribution in [0.3, 0.4) is 0 Å². The van der Waals surface area contributed by atoms with Crippen LogP contribution in [0.2, 0.25) is 0 Å². The lowest BCUT2D eigenvalue weighted by Crippen LogP contribution is -1.91. The Morgan fingerprint density at radius 1 is 0.567 bits per heavy atom. The topological polar surface area (TPSA) is 42.9 Å². The minimum Gasteiger partial charge on any atom is -0.290 e. The van der Waals surface area contributed by atoms with Crippen LogP contribution in [-0.2, 0) is 4.79 Å². The second-order valence-corrected chi connectivity index (χ2v) is 6.67. The molecule has 0 N–H and O–H groups in total. The fourth-order valence-corrected chi connectivity index (χ4v) is 3.20. The summed E-state index contributed by atoms with van der Waals surface area (Å²) in [6, 6.07) is 27.8. The maximum atomic E-state index is 12.5. The van der Waals surface area contributed by atoms with E-state index in [0.29, 0.717) is 0 Å². The van der Waals surface area contributed by atoms with E-state index in [2.05, 4.69) is 9.97 Å². The lowest BCUT2D eigenvalue weighted by molar-refractivity contribution is -0.110. The van der Waals surface area contributed by atoms with Crippen LogP contribution in [0.4, 0.5) is 0 Å². The summed E-state index contributed by atoms with van der Waals surface area (Å²) < 4.78 is 0. The minimum absolute atomic E-state index is 0.121. The zero-order valence-corrected chi connectivity index (χ0v) is 16.3. The minimum atomic E-state index is -0.121. The molecule has 0 aliphatic heterocycles. The van der Waals surface area contributed by atoms with Crippen molar-refractivity contribution in [3.05, 3.63) is 121 Å². The first kappa shape index (κ1) is 19.2. The number of rotatable bonds is 6. The molecule has 0 saturated heterocycles. The highest BCUT2D eigenvalue weighted by atomic mass is 16.1. The van der Waals surface area contributed by atoms with E-state index in [1.54, 1.807) is 24.5 Å². The SMILES string of the molecule is O=C(/C=C/c1ncccc1-c1ccccc1)/C=C/c1ncccc1-c1ccccc1. The van der Waals surface area contributed by atoms with E-state index >= 15 is 0 Å². The van der Waals surface area contributed by atoms with Crippen LogP contribution in [0.15, 0.2) is 109 Å². The van der Waals surface area contributed by atoms with Gasteiger partial charge in [0.15, 0.2) is 5.78 Å². The summed E-state index contributed by atoms with van der Waals surface area (Å²) in [6.45, 7) is 0. The molecular formula is C27H20N2O. The van der Waals surface area contributed by atoms with E-state index in [1.807, 2.05) is 84.9 Å². The van der Waals surface area contributed by atoms with Crippen LogP contribution in [0.5, 0.6) is 0 Å². The van der Waals surface area contributed by atoms with E-state index in [1.165, 1.54) is 12.2 Å². The molecule has 3 nitrogen and oxygen atoms in total. The molecule has 0 fully saturated rings. The number of nitrogens with zero attached hydrogens (tertiary/aromatic N) is 2. The zero-order valence-electron chi connectivity index (χ0n) is 16.3. The Bertz CT molecular complexity index is 1100. The first-order valence-corrected chi connectivity index (χ1v) is 9.72. The van der Waals surface area contributed by atoms with Crippen LogP contribution in [0.25, 0.3) is 34.4 Å². The quantitative estimate of drug-likeness (QED) is 0.375. The Balaban J connectivity index is 1.55. The van der Waals surface area contributed by atoms with E-state index in [9.17, 15) is 4.79 Å². The smallest absolute Gasteiger partial charge is 0.178 e. The van der Waals surface area contributed by atoms with Gasteiger partial charge in [0.2, 0.25) is 0 Å². The van der Waals surface area contributed by atoms with Gasteiger partial charge in [-0.3, -0.25) is 14.8 Å². The average Bonchev–Trinajstić information content (AvgIpc) is 2.83. The second kappa shape index (κ2) is 9.39. The molecule has 0 aliphatic rings. The third-order valence-electron chi connectivity index (χ3n) is 4.66. The van der Waals surface area contributed by atoms with Gasteiger partial charge in [-0.05, 0) is 47.6 Å². The number of carbonyl (C=O) groups excluding carboxylic acids is 1. The standard InChI is InChI=1S/C27H20N2O/c30-23(15-17-26-24(13-7-19-28-26)21-9-3-1-4-10-21)16-18-27-25(14-8-20-29-27)22-11-5-2-6-12-22/h1-20H/b17-15+,18-16+. The first-order valence-electron chi connectivity index (χ1n) is 9.72. The molecule has 2 aromatic carbocycles. The van der Waals surface area contributed by atoms with E-state index in [0.717, 1.165) is 33.6 Å². The molecule has 0 amide bonds. The molecule has 144 valence electrons. The fourth-order valence-electron chi connectivity index (χ4n) is 3.20. The summed E-state index contributed by atoms with van der Waals surface area (Å²) in [4.78, 5) is 21.3. The fraction of sp³-hybridized carbons (Fsp3) is 0. The van der Waals surface area contributed by atoms with Crippen molar-refractivity contribution in [1.29, 1.82) is 0 Å². The molecular weight excluding hydrogens is 368 g/mol. The first-order chi connectivity index (χ1) is 14.8. The predicted molar refractivity (Wildman–Crippen MR) is 122 cm³/mol. The van der Waals surface area contributed by atoms with Crippen molar-refractivity contribution in [2.24, 2.45) is 0 Å². The van der Waals surface area contributed by atoms with Crippen molar-refractivity contribution < 1.29 is 4.79 Å². The number of allylic oxidation sites excluding steroid dienone is 2. The van der Waals surface area contributed by atoms with Gasteiger partial charge in [0, 0.05) is 23.5 Å². The highest BCUT2D eigenvalue weighted by Crippen LogP contribution is 2.24. The van der Waals surface area contributed by atoms with Crippen molar-refractivity contribution >= 4 is 17.9 Å². The Kier molecular flexibility index (Phi) is 6.02. The molecule has 0 radical (unpaired) electrons. The lowest BCUT2D eigenvalue weighted by atomic mass is 10.0. The number of pyridine rings is 2. The van der Waals surface area contributed by atoms with Gasteiger partial charge in [-0.25, -0.2) is 0 Å². The van der Waals surface area contributed by atoms with Gasteiger partial charge in [0.1, 0.15) is 0 Å². The highest BCUT2D eigenvalue weighted by Gasteiger charge is 2.05. The molecule has 0 atom stereocenters. The summed E-state index contributed by atoms with van der Waals surface area (Å²) in [5.41, 5.74) is 5.62. The van der Waals surface area contributed by atoms with Crippen molar-refractivity contribution in [3.63, 3.8) is 0 Å². The number of hydrogen-bond acceptors (Lipinski definition) is 3. The molecule has 0 bridgehead atoms. The number of ketones is 1. The third kappa shape index (κ3) is 4.65. The van der Waals surface area contributed by atoms with Crippen LogP contribution in [0.1, 0.15) is 11.4 Å². The second-order valence-electron chi connectivity index (χ2n) is 6.67. The van der Waals surface area contributed by atoms with Crippen LogP contribution in [0, 0.1) is 0 Å². The summed E-state index contributed by atoms with van der Waals surface area (Å²) in [7, 11) is 0. The predicted octanol–water partition coefficient (Wildman–Crippen LogP) is 6.11. The number of aromatic nitrogens is 2. The van der Waals surface area contributed by atoms with Crippen LogP contribution >= 0.6 is 0 Å². The van der Waals surface area contributed by atoms with Crippen molar-refractivity contribution in [2.45, 2.75) is 0 Å². The maximum absolute atomic E-state index is 12.5. The van der Waals surface area contributed by atoms with Gasteiger partial charge in [0.05, 0.1) is 11.4 Å². The Labute approximate surface area is 176 Å². The molecule has 4 aromatic rings. The molecule has 0 aliphatic carbocycles. The number of carbonyl (C=O) groups is 1. The summed E-state index contributed by atoms with van der Waals surface area (Å²) in [6.07, 6.45) is 10.0. The van der Waals surface area contributed by atoms with Gasteiger partial charge >= 0.3 is 0 Å². The van der Waals surface area contributed by atoms with Crippen molar-refractivity contribution in [2.75, 3.05) is 0 Å². The molecule has 0 unspecified atom stereocenters. The van der Waals surface area contributed by atoms with Gasteiger partial charge in [-0.15, -0.1) is 0 Å². The Morgan fingerprint density at radius 3 is 1.43 bits per heavy atom. The molecule has 2 aromatic heterocycles. The molecule has 2 heterocycles. The maximum Gasteiger partial charge on any atom is 0.178 e. The normalized spacial score (nSPS) is 11.2. The zero-order chi connectivity index (χ0) is 20.6. The van der Waals surface area contributed by atoms with Gasteiger partial charge < -0.3 is 0 Å². The van der Waals surface area contributed by atoms with Crippen LogP contribution < -0.4 is 0 Å². The van der Waals surface area contributed by atoms with Crippen LogP contribution in [-0.4, -0.2) is 15.8 Å². The molecule has 0 spiro atoms. The summed E-state index contributed by atoms with van der Waals surface area (Å²) in [5, 5.41) is 0. The average molecular weight is 388 g/mol. The molecule has 0 saturated carbocycles. The van der Waals surface area contributed by atoms with E-state index < -0.39 is 0 Å². The third-order valence-corrected chi connectivity index (χ3v) is 4.66. The lowest BCUT2D eigenvalue weighted by Gasteiger charge is -2.05. The van der Waals surface area contributed by atoms with E-state index in [-0.39, 0.29) is 5.78 Å². The van der Waals surface area contributed by atoms with Crippen molar-refractivity contribution in [3.8, 4) is 22.3 Å². The number of benzene rings is 2. The number of hydrogen-bond donors (Lipinski definition) is 0.